The molecule has 0 aliphatic heterocycles. The van der Waals surface area contributed by atoms with Crippen LogP contribution in [0.4, 0.5) is 5.69 Å². The predicted octanol–water partition coefficient (Wildman–Crippen LogP) is 4.23. The van der Waals surface area contributed by atoms with E-state index < -0.39 is 11.0 Å². The topological polar surface area (TPSA) is 119 Å². The molecule has 1 amide bonds. The lowest BCUT2D eigenvalue weighted by atomic mass is 9.94. The van der Waals surface area contributed by atoms with Crippen molar-refractivity contribution in [1.82, 2.24) is 4.90 Å². The Kier molecular flexibility index (Phi) is 10.6. The lowest BCUT2D eigenvalue weighted by Crippen LogP contribution is -2.43. The van der Waals surface area contributed by atoms with Gasteiger partial charge in [-0.25, -0.2) is 0 Å². The molecule has 9 heteroatoms. The highest BCUT2D eigenvalue weighted by Gasteiger charge is 2.27. The normalized spacial score (nSPS) is 15.0. The first-order chi connectivity index (χ1) is 15.7. The van der Waals surface area contributed by atoms with E-state index in [9.17, 15) is 24.8 Å². The summed E-state index contributed by atoms with van der Waals surface area (Å²) in [5.74, 6) is -0.197. The van der Waals surface area contributed by atoms with Gasteiger partial charge in [-0.05, 0) is 51.2 Å². The summed E-state index contributed by atoms with van der Waals surface area (Å²) >= 11 is 0. The number of carbonyl (C=O) groups excluding carboxylic acids is 2. The van der Waals surface area contributed by atoms with Crippen molar-refractivity contribution in [3.05, 3.63) is 33.4 Å². The van der Waals surface area contributed by atoms with E-state index in [1.54, 1.807) is 19.1 Å². The van der Waals surface area contributed by atoms with Crippen LogP contribution in [0, 0.1) is 17.0 Å². The molecule has 2 rings (SSSR count). The number of aliphatic hydroxyl groups excluding tert-OH is 1. The van der Waals surface area contributed by atoms with Crippen molar-refractivity contribution in [3.63, 3.8) is 0 Å². The van der Waals surface area contributed by atoms with Crippen LogP contribution in [0.3, 0.4) is 0 Å². The van der Waals surface area contributed by atoms with Gasteiger partial charge in [-0.3, -0.25) is 19.7 Å². The fourth-order valence-corrected chi connectivity index (χ4v) is 4.42. The van der Waals surface area contributed by atoms with Crippen LogP contribution in [0.1, 0.15) is 82.4 Å². The van der Waals surface area contributed by atoms with Gasteiger partial charge in [-0.1, -0.05) is 25.3 Å². The van der Waals surface area contributed by atoms with Gasteiger partial charge in [-0.2, -0.15) is 0 Å². The molecular formula is C24H36N2O7. The first kappa shape index (κ1) is 26.6. The summed E-state index contributed by atoms with van der Waals surface area (Å²) in [4.78, 5) is 36.8. The molecule has 1 fully saturated rings. The Hall–Kier alpha value is -2.68. The number of benzene rings is 1. The predicted molar refractivity (Wildman–Crippen MR) is 123 cm³/mol. The van der Waals surface area contributed by atoms with Crippen molar-refractivity contribution in [2.75, 3.05) is 19.8 Å². The maximum absolute atomic E-state index is 12.9. The Bertz CT molecular complexity index is 819. The minimum absolute atomic E-state index is 0.0340. The maximum atomic E-state index is 12.9. The molecule has 0 bridgehead atoms. The van der Waals surface area contributed by atoms with Gasteiger partial charge in [0.2, 0.25) is 5.91 Å². The molecule has 1 aromatic carbocycles. The summed E-state index contributed by atoms with van der Waals surface area (Å²) in [6.07, 6.45) is 5.82. The third-order valence-corrected chi connectivity index (χ3v) is 6.01. The Labute approximate surface area is 195 Å². The molecule has 0 aromatic heterocycles. The summed E-state index contributed by atoms with van der Waals surface area (Å²) in [6.45, 7) is 5.39. The third-order valence-electron chi connectivity index (χ3n) is 6.01. The van der Waals surface area contributed by atoms with Crippen molar-refractivity contribution in [1.29, 1.82) is 0 Å². The van der Waals surface area contributed by atoms with Crippen LogP contribution in [0.2, 0.25) is 0 Å². The Morgan fingerprint density at radius 2 is 1.91 bits per heavy atom. The van der Waals surface area contributed by atoms with Gasteiger partial charge in [0.25, 0.3) is 0 Å². The summed E-state index contributed by atoms with van der Waals surface area (Å²) in [6, 6.07) is 3.43. The molecule has 9 nitrogen and oxygen atoms in total. The first-order valence-corrected chi connectivity index (χ1v) is 11.7. The van der Waals surface area contributed by atoms with E-state index in [1.165, 1.54) is 20.3 Å². The summed E-state index contributed by atoms with van der Waals surface area (Å²) in [5.41, 5.74) is 0.671. The minimum Gasteiger partial charge on any atom is -0.487 e. The van der Waals surface area contributed by atoms with Gasteiger partial charge in [0.15, 0.2) is 5.75 Å². The first-order valence-electron chi connectivity index (χ1n) is 11.7. The van der Waals surface area contributed by atoms with Gasteiger partial charge in [0.1, 0.15) is 6.61 Å². The number of aryl methyl sites for hydroxylation is 1. The van der Waals surface area contributed by atoms with Crippen molar-refractivity contribution >= 4 is 17.6 Å². The standard InChI is InChI=1S/C24H36N2O7/c1-17-12-13-21(24(26(30)31)23(17)18(2)27)33-15-8-7-11-22(29)25(14-16-32-19(3)28)20-9-5-4-6-10-20/h12-13,18,20,27H,4-11,14-16H2,1-3H3. The smallest absolute Gasteiger partial charge is 0.316 e. The SMILES string of the molecule is CC(=O)OCCN(C(=O)CCCCOc1ccc(C)c(C(C)O)c1[N+](=O)[O-])C1CCCCC1. The van der Waals surface area contributed by atoms with Crippen LogP contribution < -0.4 is 4.74 Å². The van der Waals surface area contributed by atoms with Gasteiger partial charge < -0.3 is 19.5 Å². The van der Waals surface area contributed by atoms with E-state index >= 15 is 0 Å². The molecule has 0 heterocycles. The third kappa shape index (κ3) is 7.99. The second kappa shape index (κ2) is 13.1. The number of nitrogens with zero attached hydrogens (tertiary/aromatic N) is 2. The monoisotopic (exact) mass is 464 g/mol. The molecule has 1 unspecified atom stereocenters. The molecule has 1 aliphatic rings. The molecule has 1 saturated carbocycles. The van der Waals surface area contributed by atoms with Crippen LogP contribution in [-0.4, -0.2) is 52.6 Å². The summed E-state index contributed by atoms with van der Waals surface area (Å²) < 4.78 is 10.7. The highest BCUT2D eigenvalue weighted by Crippen LogP contribution is 2.37. The van der Waals surface area contributed by atoms with E-state index in [0.717, 1.165) is 25.7 Å². The van der Waals surface area contributed by atoms with E-state index in [0.29, 0.717) is 31.4 Å². The Balaban J connectivity index is 1.89. The number of carbonyl (C=O) groups is 2. The van der Waals surface area contributed by atoms with E-state index in [-0.39, 0.29) is 48.1 Å². The number of amides is 1. The van der Waals surface area contributed by atoms with Crippen molar-refractivity contribution in [2.45, 2.75) is 84.3 Å². The fraction of sp³-hybridized carbons (Fsp3) is 0.667. The number of hydrogen-bond donors (Lipinski definition) is 1. The van der Waals surface area contributed by atoms with Gasteiger partial charge >= 0.3 is 11.7 Å². The zero-order valence-corrected chi connectivity index (χ0v) is 19.9. The lowest BCUT2D eigenvalue weighted by Gasteiger charge is -2.34. The number of ether oxygens (including phenoxy) is 2. The number of hydrogen-bond acceptors (Lipinski definition) is 7. The van der Waals surface area contributed by atoms with E-state index in [4.69, 9.17) is 9.47 Å². The second-order valence-electron chi connectivity index (χ2n) is 8.60. The number of aliphatic hydroxyl groups is 1. The Morgan fingerprint density at radius 1 is 1.21 bits per heavy atom. The lowest BCUT2D eigenvalue weighted by molar-refractivity contribution is -0.387. The van der Waals surface area contributed by atoms with Crippen LogP contribution >= 0.6 is 0 Å². The zero-order valence-electron chi connectivity index (χ0n) is 19.9. The molecule has 1 atom stereocenters. The molecule has 1 aromatic rings. The molecular weight excluding hydrogens is 428 g/mol. The number of unbranched alkanes of at least 4 members (excludes halogenated alkanes) is 1. The fourth-order valence-electron chi connectivity index (χ4n) is 4.42. The van der Waals surface area contributed by atoms with Crippen LogP contribution in [0.25, 0.3) is 0 Å². The number of rotatable bonds is 12. The van der Waals surface area contributed by atoms with Crippen molar-refractivity contribution in [2.24, 2.45) is 0 Å². The molecule has 0 spiro atoms. The Morgan fingerprint density at radius 3 is 2.52 bits per heavy atom. The number of nitro groups is 1. The second-order valence-corrected chi connectivity index (χ2v) is 8.60. The number of esters is 1. The molecule has 0 saturated heterocycles. The van der Waals surface area contributed by atoms with Crippen LogP contribution in [0.15, 0.2) is 12.1 Å². The molecule has 184 valence electrons. The number of nitro benzene ring substituents is 1. The van der Waals surface area contributed by atoms with Crippen molar-refractivity contribution < 1.29 is 29.1 Å². The average molecular weight is 465 g/mol. The van der Waals surface area contributed by atoms with Crippen molar-refractivity contribution in [3.8, 4) is 5.75 Å². The largest absolute Gasteiger partial charge is 0.487 e. The molecule has 0 radical (unpaired) electrons. The summed E-state index contributed by atoms with van der Waals surface area (Å²) in [7, 11) is 0. The van der Waals surface area contributed by atoms with Gasteiger partial charge in [0, 0.05) is 19.4 Å². The van der Waals surface area contributed by atoms with Gasteiger partial charge in [0.05, 0.1) is 29.7 Å². The zero-order chi connectivity index (χ0) is 24.4. The van der Waals surface area contributed by atoms with Gasteiger partial charge in [-0.15, -0.1) is 0 Å². The quantitative estimate of drug-likeness (QED) is 0.213. The average Bonchev–Trinajstić information content (AvgIpc) is 2.77. The highest BCUT2D eigenvalue weighted by molar-refractivity contribution is 5.76. The highest BCUT2D eigenvalue weighted by atomic mass is 16.6. The van der Waals surface area contributed by atoms with E-state index in [1.807, 2.05) is 4.90 Å². The molecule has 1 N–H and O–H groups in total. The molecule has 1 aliphatic carbocycles. The van der Waals surface area contributed by atoms with E-state index in [2.05, 4.69) is 0 Å². The minimum atomic E-state index is -0.982. The summed E-state index contributed by atoms with van der Waals surface area (Å²) in [5, 5.41) is 21.5. The van der Waals surface area contributed by atoms with Crippen LogP contribution in [-0.2, 0) is 14.3 Å². The van der Waals surface area contributed by atoms with Crippen LogP contribution in [0.5, 0.6) is 5.75 Å². The molecule has 33 heavy (non-hydrogen) atoms. The maximum Gasteiger partial charge on any atom is 0.316 e.